The second-order valence-electron chi connectivity index (χ2n) is 2.49. The molecule has 0 N–H and O–H groups in total. The third-order valence-corrected chi connectivity index (χ3v) is 2.49. The quantitative estimate of drug-likeness (QED) is 0.712. The Labute approximate surface area is 82.9 Å². The van der Waals surface area contributed by atoms with E-state index in [0.717, 1.165) is 5.69 Å². The van der Waals surface area contributed by atoms with Crippen molar-refractivity contribution in [2.75, 3.05) is 18.5 Å². The van der Waals surface area contributed by atoms with Gasteiger partial charge in [0.25, 0.3) is 0 Å². The molecule has 0 aromatic heterocycles. The average molecular weight is 203 g/mol. The predicted octanol–water partition coefficient (Wildman–Crippen LogP) is 3.26. The van der Waals surface area contributed by atoms with Crippen molar-refractivity contribution in [1.82, 2.24) is 0 Å². The summed E-state index contributed by atoms with van der Waals surface area (Å²) in [5.41, 5.74) is 0.916. The molecule has 12 heavy (non-hydrogen) atoms. The normalized spacial score (nSPS) is 10.0. The summed E-state index contributed by atoms with van der Waals surface area (Å²) in [7, 11) is 1.92. The molecule has 0 spiro atoms. The summed E-state index contributed by atoms with van der Waals surface area (Å²) < 4.78 is 0. The molecule has 0 aliphatic heterocycles. The van der Waals surface area contributed by atoms with Crippen molar-refractivity contribution < 1.29 is 0 Å². The van der Waals surface area contributed by atoms with Gasteiger partial charge in [0.05, 0.1) is 15.7 Å². The first-order valence-electron chi connectivity index (χ1n) is 3.61. The molecule has 1 radical (unpaired) electrons. The Kier molecular flexibility index (Phi) is 3.24. The fourth-order valence-electron chi connectivity index (χ4n) is 0.908. The zero-order valence-corrected chi connectivity index (χ0v) is 8.36. The van der Waals surface area contributed by atoms with E-state index in [4.69, 9.17) is 23.2 Å². The van der Waals surface area contributed by atoms with E-state index in [9.17, 15) is 0 Å². The van der Waals surface area contributed by atoms with Crippen molar-refractivity contribution in [3.8, 4) is 0 Å². The first kappa shape index (κ1) is 9.69. The molecule has 1 nitrogen and oxygen atoms in total. The van der Waals surface area contributed by atoms with E-state index in [2.05, 4.69) is 6.92 Å². The van der Waals surface area contributed by atoms with E-state index in [0.29, 0.717) is 16.6 Å². The highest BCUT2D eigenvalue weighted by Gasteiger charge is 2.06. The Morgan fingerprint density at radius 3 is 2.67 bits per heavy atom. The number of anilines is 1. The summed E-state index contributed by atoms with van der Waals surface area (Å²) in [6.45, 7) is 4.42. The molecule has 0 aliphatic carbocycles. The van der Waals surface area contributed by atoms with E-state index in [1.54, 1.807) is 6.07 Å². The van der Waals surface area contributed by atoms with Crippen LogP contribution in [0.5, 0.6) is 0 Å². The van der Waals surface area contributed by atoms with Crippen LogP contribution in [-0.4, -0.2) is 13.6 Å². The number of benzene rings is 1. The van der Waals surface area contributed by atoms with Crippen LogP contribution in [0.2, 0.25) is 10.0 Å². The van der Waals surface area contributed by atoms with E-state index in [1.807, 2.05) is 24.1 Å². The van der Waals surface area contributed by atoms with Gasteiger partial charge in [-0.2, -0.15) is 0 Å². The second-order valence-corrected chi connectivity index (χ2v) is 3.28. The maximum atomic E-state index is 5.97. The second kappa shape index (κ2) is 4.01. The van der Waals surface area contributed by atoms with Gasteiger partial charge in [-0.05, 0) is 19.1 Å². The number of halogens is 2. The maximum absolute atomic E-state index is 5.97. The molecule has 0 bridgehead atoms. The lowest BCUT2D eigenvalue weighted by Crippen LogP contribution is -2.16. The maximum Gasteiger partial charge on any atom is 0.0825 e. The zero-order valence-electron chi connectivity index (χ0n) is 6.85. The summed E-state index contributed by atoms with van der Waals surface area (Å²) in [6.07, 6.45) is 0. The van der Waals surface area contributed by atoms with Crippen LogP contribution < -0.4 is 4.90 Å². The van der Waals surface area contributed by atoms with Gasteiger partial charge in [0.1, 0.15) is 0 Å². The summed E-state index contributed by atoms with van der Waals surface area (Å²) in [6, 6.07) is 5.55. The van der Waals surface area contributed by atoms with Gasteiger partial charge in [-0.1, -0.05) is 29.3 Å². The minimum atomic E-state index is 0.578. The number of nitrogens with zero attached hydrogens (tertiary/aromatic N) is 1. The molecule has 3 heteroatoms. The monoisotopic (exact) mass is 202 g/mol. The fraction of sp³-hybridized carbons (Fsp3) is 0.222. The van der Waals surface area contributed by atoms with Crippen LogP contribution in [0.3, 0.4) is 0 Å². The fourth-order valence-corrected chi connectivity index (χ4v) is 1.35. The first-order valence-corrected chi connectivity index (χ1v) is 4.36. The van der Waals surface area contributed by atoms with Gasteiger partial charge in [0.15, 0.2) is 0 Å². The average Bonchev–Trinajstić information content (AvgIpc) is 2.08. The van der Waals surface area contributed by atoms with Gasteiger partial charge in [0.2, 0.25) is 0 Å². The number of hydrogen-bond donors (Lipinski definition) is 0. The van der Waals surface area contributed by atoms with Crippen molar-refractivity contribution in [3.05, 3.63) is 35.2 Å². The first-order chi connectivity index (χ1) is 5.66. The Bertz CT molecular complexity index is 273. The highest BCUT2D eigenvalue weighted by Crippen LogP contribution is 2.31. The van der Waals surface area contributed by atoms with E-state index in [1.165, 1.54) is 0 Å². The van der Waals surface area contributed by atoms with Crippen molar-refractivity contribution in [2.24, 2.45) is 0 Å². The number of hydrogen-bond acceptors (Lipinski definition) is 1. The molecule has 0 saturated carbocycles. The van der Waals surface area contributed by atoms with Crippen molar-refractivity contribution in [3.63, 3.8) is 0 Å². The van der Waals surface area contributed by atoms with Crippen molar-refractivity contribution >= 4 is 28.9 Å². The molecule has 0 aliphatic rings. The van der Waals surface area contributed by atoms with Crippen LogP contribution >= 0.6 is 23.2 Å². The molecule has 0 heterocycles. The Hall–Kier alpha value is -0.400. The molecule has 0 fully saturated rings. The molecule has 1 aromatic carbocycles. The third-order valence-electron chi connectivity index (χ3n) is 1.68. The molecule has 0 atom stereocenters. The summed E-state index contributed by atoms with van der Waals surface area (Å²) in [5, 5.41) is 1.17. The van der Waals surface area contributed by atoms with Crippen LogP contribution in [0.4, 0.5) is 5.69 Å². The van der Waals surface area contributed by atoms with Gasteiger partial charge in [-0.15, -0.1) is 0 Å². The minimum absolute atomic E-state index is 0.578. The van der Waals surface area contributed by atoms with Crippen LogP contribution in [0, 0.1) is 6.92 Å². The zero-order chi connectivity index (χ0) is 9.14. The lowest BCUT2D eigenvalue weighted by molar-refractivity contribution is 1.03. The van der Waals surface area contributed by atoms with Gasteiger partial charge < -0.3 is 4.90 Å². The Balaban J connectivity index is 3.07. The van der Waals surface area contributed by atoms with Crippen molar-refractivity contribution in [2.45, 2.75) is 0 Å². The predicted molar refractivity (Wildman–Crippen MR) is 55.1 cm³/mol. The molecule has 1 aromatic rings. The van der Waals surface area contributed by atoms with E-state index in [-0.39, 0.29) is 0 Å². The molecule has 0 saturated heterocycles. The highest BCUT2D eigenvalue weighted by molar-refractivity contribution is 6.43. The van der Waals surface area contributed by atoms with Gasteiger partial charge in [0, 0.05) is 13.6 Å². The van der Waals surface area contributed by atoms with Crippen LogP contribution in [-0.2, 0) is 0 Å². The van der Waals surface area contributed by atoms with E-state index >= 15 is 0 Å². The third kappa shape index (κ3) is 1.85. The molecular formula is C9H10Cl2N. The van der Waals surface area contributed by atoms with Crippen molar-refractivity contribution in [1.29, 1.82) is 0 Å². The highest BCUT2D eigenvalue weighted by atomic mass is 35.5. The molecular weight excluding hydrogens is 193 g/mol. The number of rotatable bonds is 2. The standard InChI is InChI=1S/C9H10Cl2N/c1-3-12(2)8-6-4-5-7(10)9(8)11/h4-6H,1,3H2,2H3. The molecule has 65 valence electrons. The summed E-state index contributed by atoms with van der Waals surface area (Å²) in [4.78, 5) is 1.94. The van der Waals surface area contributed by atoms with Gasteiger partial charge in [-0.25, -0.2) is 0 Å². The largest absolute Gasteiger partial charge is 0.373 e. The van der Waals surface area contributed by atoms with Crippen LogP contribution in [0.25, 0.3) is 0 Å². The smallest absolute Gasteiger partial charge is 0.0825 e. The van der Waals surface area contributed by atoms with Gasteiger partial charge >= 0.3 is 0 Å². The minimum Gasteiger partial charge on any atom is -0.373 e. The Morgan fingerprint density at radius 2 is 2.08 bits per heavy atom. The van der Waals surface area contributed by atoms with E-state index < -0.39 is 0 Å². The van der Waals surface area contributed by atoms with Crippen LogP contribution in [0.1, 0.15) is 0 Å². The van der Waals surface area contributed by atoms with Gasteiger partial charge in [-0.3, -0.25) is 0 Å². The molecule has 0 unspecified atom stereocenters. The topological polar surface area (TPSA) is 3.24 Å². The lowest BCUT2D eigenvalue weighted by Gasteiger charge is -2.18. The molecule has 1 rings (SSSR count). The lowest BCUT2D eigenvalue weighted by atomic mass is 10.3. The summed E-state index contributed by atoms with van der Waals surface area (Å²) in [5.74, 6) is 0. The Morgan fingerprint density at radius 1 is 1.42 bits per heavy atom. The van der Waals surface area contributed by atoms with Crippen LogP contribution in [0.15, 0.2) is 18.2 Å². The molecule has 0 amide bonds. The SMILES string of the molecule is [CH2]CN(C)c1cccc(Cl)c1Cl. The summed E-state index contributed by atoms with van der Waals surface area (Å²) >= 11 is 11.8.